The first-order valence-corrected chi connectivity index (χ1v) is 6.29. The summed E-state index contributed by atoms with van der Waals surface area (Å²) in [5, 5.41) is 11.6. The predicted molar refractivity (Wildman–Crippen MR) is 70.0 cm³/mol. The van der Waals surface area contributed by atoms with E-state index in [0.717, 1.165) is 18.5 Å². The van der Waals surface area contributed by atoms with Gasteiger partial charge in [0.05, 0.1) is 17.8 Å². The van der Waals surface area contributed by atoms with Crippen molar-refractivity contribution in [2.75, 3.05) is 11.9 Å². The molecule has 1 aromatic heterocycles. The fraction of sp³-hybridized carbons (Fsp3) is 0.462. The highest BCUT2D eigenvalue weighted by atomic mass is 16.4. The number of rotatable bonds is 3. The summed E-state index contributed by atoms with van der Waals surface area (Å²) in [5.41, 5.74) is 1.40. The van der Waals surface area contributed by atoms with Gasteiger partial charge >= 0.3 is 12.0 Å². The van der Waals surface area contributed by atoms with E-state index in [1.807, 2.05) is 6.92 Å². The van der Waals surface area contributed by atoms with Crippen molar-refractivity contribution < 1.29 is 14.7 Å². The van der Waals surface area contributed by atoms with E-state index in [2.05, 4.69) is 10.3 Å². The molecule has 6 nitrogen and oxygen atoms in total. The summed E-state index contributed by atoms with van der Waals surface area (Å²) in [6.45, 7) is 2.41. The summed E-state index contributed by atoms with van der Waals surface area (Å²) in [6, 6.07) is 3.07. The zero-order valence-electron chi connectivity index (χ0n) is 10.8. The lowest BCUT2D eigenvalue weighted by atomic mass is 10.1. The molecule has 1 atom stereocenters. The topological polar surface area (TPSA) is 82.5 Å². The second-order valence-corrected chi connectivity index (χ2v) is 4.65. The molecule has 0 aromatic carbocycles. The highest BCUT2D eigenvalue weighted by Crippen LogP contribution is 2.21. The van der Waals surface area contributed by atoms with Gasteiger partial charge in [-0.3, -0.25) is 9.78 Å². The van der Waals surface area contributed by atoms with Crippen molar-refractivity contribution in [2.24, 2.45) is 0 Å². The van der Waals surface area contributed by atoms with Crippen molar-refractivity contribution in [3.63, 3.8) is 0 Å². The van der Waals surface area contributed by atoms with Crippen molar-refractivity contribution in [3.8, 4) is 0 Å². The number of urea groups is 1. The Balaban J connectivity index is 2.03. The minimum absolute atomic E-state index is 0.000554. The number of carboxylic acids is 1. The number of pyridine rings is 1. The Morgan fingerprint density at radius 3 is 3.05 bits per heavy atom. The van der Waals surface area contributed by atoms with Gasteiger partial charge in [-0.2, -0.15) is 0 Å². The average molecular weight is 263 g/mol. The second kappa shape index (κ2) is 5.69. The van der Waals surface area contributed by atoms with Crippen molar-refractivity contribution in [2.45, 2.75) is 32.2 Å². The minimum atomic E-state index is -0.873. The summed E-state index contributed by atoms with van der Waals surface area (Å²) in [4.78, 5) is 28.6. The van der Waals surface area contributed by atoms with Gasteiger partial charge in [-0.05, 0) is 31.9 Å². The Morgan fingerprint density at radius 2 is 2.37 bits per heavy atom. The molecule has 0 spiro atoms. The van der Waals surface area contributed by atoms with E-state index >= 15 is 0 Å². The molecular formula is C13H17N3O3. The largest absolute Gasteiger partial charge is 0.481 e. The van der Waals surface area contributed by atoms with Crippen LogP contribution in [0.15, 0.2) is 18.3 Å². The van der Waals surface area contributed by atoms with Crippen LogP contribution < -0.4 is 5.32 Å². The number of aromatic nitrogens is 1. The first-order valence-electron chi connectivity index (χ1n) is 6.29. The molecule has 2 N–H and O–H groups in total. The molecule has 1 fully saturated rings. The number of carbonyl (C=O) groups excluding carboxylic acids is 1. The van der Waals surface area contributed by atoms with Crippen LogP contribution in [-0.4, -0.2) is 39.6 Å². The first-order chi connectivity index (χ1) is 9.08. The van der Waals surface area contributed by atoms with Gasteiger partial charge in [-0.1, -0.05) is 0 Å². The Bertz CT molecular complexity index is 490. The maximum absolute atomic E-state index is 12.2. The van der Waals surface area contributed by atoms with E-state index in [1.54, 1.807) is 23.2 Å². The molecule has 19 heavy (non-hydrogen) atoms. The number of nitrogens with zero attached hydrogens (tertiary/aromatic N) is 2. The summed E-state index contributed by atoms with van der Waals surface area (Å²) >= 11 is 0. The maximum Gasteiger partial charge on any atom is 0.322 e. The van der Waals surface area contributed by atoms with Gasteiger partial charge in [0.15, 0.2) is 0 Å². The molecule has 2 amide bonds. The summed E-state index contributed by atoms with van der Waals surface area (Å²) < 4.78 is 0. The quantitative estimate of drug-likeness (QED) is 0.872. The van der Waals surface area contributed by atoms with Gasteiger partial charge < -0.3 is 15.3 Å². The van der Waals surface area contributed by atoms with Crippen LogP contribution in [-0.2, 0) is 4.79 Å². The van der Waals surface area contributed by atoms with E-state index in [4.69, 9.17) is 5.11 Å². The number of nitrogens with one attached hydrogen (secondary N) is 1. The third-order valence-corrected chi connectivity index (χ3v) is 3.30. The van der Waals surface area contributed by atoms with Gasteiger partial charge in [-0.15, -0.1) is 0 Å². The second-order valence-electron chi connectivity index (χ2n) is 4.65. The smallest absolute Gasteiger partial charge is 0.322 e. The van der Waals surface area contributed by atoms with Crippen LogP contribution in [0.5, 0.6) is 0 Å². The molecular weight excluding hydrogens is 246 g/mol. The third kappa shape index (κ3) is 3.21. The molecule has 2 heterocycles. The molecule has 2 rings (SSSR count). The zero-order valence-corrected chi connectivity index (χ0v) is 10.8. The molecule has 1 unspecified atom stereocenters. The monoisotopic (exact) mass is 263 g/mol. The fourth-order valence-electron chi connectivity index (χ4n) is 2.32. The van der Waals surface area contributed by atoms with Crippen LogP contribution in [0.2, 0.25) is 0 Å². The summed E-state index contributed by atoms with van der Waals surface area (Å²) in [6.07, 6.45) is 3.25. The number of amides is 2. The van der Waals surface area contributed by atoms with Crippen LogP contribution in [0.4, 0.5) is 10.5 Å². The van der Waals surface area contributed by atoms with Crippen LogP contribution in [0.3, 0.4) is 0 Å². The SMILES string of the molecule is Cc1ncccc1NC(=O)N1CCCC1CC(=O)O. The Labute approximate surface area is 111 Å². The molecule has 1 aromatic rings. The normalized spacial score (nSPS) is 18.4. The van der Waals surface area contributed by atoms with Crippen molar-refractivity contribution in [1.29, 1.82) is 0 Å². The van der Waals surface area contributed by atoms with Crippen LogP contribution in [0.25, 0.3) is 0 Å². The number of aryl methyl sites for hydroxylation is 1. The Morgan fingerprint density at radius 1 is 1.58 bits per heavy atom. The van der Waals surface area contributed by atoms with Crippen molar-refractivity contribution >= 4 is 17.7 Å². The molecule has 1 aliphatic heterocycles. The van der Waals surface area contributed by atoms with E-state index in [-0.39, 0.29) is 18.5 Å². The predicted octanol–water partition coefficient (Wildman–Crippen LogP) is 1.86. The third-order valence-electron chi connectivity index (χ3n) is 3.30. The summed E-state index contributed by atoms with van der Waals surface area (Å²) in [7, 11) is 0. The van der Waals surface area contributed by atoms with Crippen molar-refractivity contribution in [3.05, 3.63) is 24.0 Å². The van der Waals surface area contributed by atoms with E-state index in [0.29, 0.717) is 12.2 Å². The lowest BCUT2D eigenvalue weighted by molar-refractivity contribution is -0.137. The molecule has 6 heteroatoms. The number of carboxylic acid groups (broad SMARTS) is 1. The maximum atomic E-state index is 12.2. The first kappa shape index (κ1) is 13.3. The number of aliphatic carboxylic acids is 1. The lowest BCUT2D eigenvalue weighted by Crippen LogP contribution is -2.39. The van der Waals surface area contributed by atoms with Gasteiger partial charge in [0.2, 0.25) is 0 Å². The Kier molecular flexibility index (Phi) is 3.99. The number of likely N-dealkylation sites (tertiary alicyclic amines) is 1. The summed E-state index contributed by atoms with van der Waals surface area (Å²) in [5.74, 6) is -0.873. The molecule has 0 radical (unpaired) electrons. The molecule has 1 saturated heterocycles. The zero-order chi connectivity index (χ0) is 13.8. The molecule has 0 saturated carbocycles. The van der Waals surface area contributed by atoms with Gasteiger partial charge in [0.25, 0.3) is 0 Å². The molecule has 102 valence electrons. The number of carbonyl (C=O) groups is 2. The van der Waals surface area contributed by atoms with Crippen LogP contribution in [0, 0.1) is 6.92 Å². The minimum Gasteiger partial charge on any atom is -0.481 e. The highest BCUT2D eigenvalue weighted by Gasteiger charge is 2.30. The van der Waals surface area contributed by atoms with Gasteiger partial charge in [-0.25, -0.2) is 4.79 Å². The highest BCUT2D eigenvalue weighted by molar-refractivity contribution is 5.90. The number of hydrogen-bond donors (Lipinski definition) is 2. The standard InChI is InChI=1S/C13H17N3O3/c1-9-11(5-2-6-14-9)15-13(19)16-7-3-4-10(16)8-12(17)18/h2,5-6,10H,3-4,7-8H2,1H3,(H,15,19)(H,17,18). The van der Waals surface area contributed by atoms with E-state index in [9.17, 15) is 9.59 Å². The average Bonchev–Trinajstić information content (AvgIpc) is 2.79. The molecule has 0 aliphatic carbocycles. The molecule has 0 bridgehead atoms. The van der Waals surface area contributed by atoms with Crippen LogP contribution >= 0.6 is 0 Å². The van der Waals surface area contributed by atoms with Crippen LogP contribution in [0.1, 0.15) is 25.0 Å². The number of anilines is 1. The van der Waals surface area contributed by atoms with E-state index < -0.39 is 5.97 Å². The number of hydrogen-bond acceptors (Lipinski definition) is 3. The van der Waals surface area contributed by atoms with Crippen molar-refractivity contribution in [1.82, 2.24) is 9.88 Å². The fourth-order valence-corrected chi connectivity index (χ4v) is 2.32. The molecule has 1 aliphatic rings. The van der Waals surface area contributed by atoms with E-state index in [1.165, 1.54) is 0 Å². The van der Waals surface area contributed by atoms with Gasteiger partial charge in [0.1, 0.15) is 0 Å². The van der Waals surface area contributed by atoms with Gasteiger partial charge in [0, 0.05) is 18.8 Å². The lowest BCUT2D eigenvalue weighted by Gasteiger charge is -2.24. The Hall–Kier alpha value is -2.11.